The van der Waals surface area contributed by atoms with Crippen molar-refractivity contribution < 1.29 is 22.1 Å². The van der Waals surface area contributed by atoms with Crippen molar-refractivity contribution in [2.75, 3.05) is 11.5 Å². The van der Waals surface area contributed by atoms with Crippen LogP contribution in [0, 0.1) is 12.7 Å². The van der Waals surface area contributed by atoms with Gasteiger partial charge in [0.05, 0.1) is 17.0 Å². The van der Waals surface area contributed by atoms with Crippen molar-refractivity contribution in [2.45, 2.75) is 38.6 Å². The Labute approximate surface area is 150 Å². The maximum atomic E-state index is 13.3. The van der Waals surface area contributed by atoms with Gasteiger partial charge in [0, 0.05) is 18.4 Å². The fraction of sp³-hybridized carbons (Fsp3) is 0.471. The van der Waals surface area contributed by atoms with Gasteiger partial charge in [0.15, 0.2) is 9.84 Å². The zero-order valence-corrected chi connectivity index (χ0v) is 15.4. The average Bonchev–Trinajstić information content (AvgIpc) is 3.12. The van der Waals surface area contributed by atoms with E-state index in [0.29, 0.717) is 29.3 Å². The van der Waals surface area contributed by atoms with Crippen LogP contribution >= 0.6 is 0 Å². The summed E-state index contributed by atoms with van der Waals surface area (Å²) in [6.45, 7) is 3.38. The Morgan fingerprint density at radius 2 is 2.19 bits per heavy atom. The van der Waals surface area contributed by atoms with Gasteiger partial charge in [-0.25, -0.2) is 12.8 Å². The Bertz CT molecular complexity index is 941. The number of aromatic nitrogens is 2. The first kappa shape index (κ1) is 18.5. The minimum absolute atomic E-state index is 0.0413. The summed E-state index contributed by atoms with van der Waals surface area (Å²) in [5.41, 5.74) is 0.390. The molecule has 1 aliphatic rings. The number of aryl methyl sites for hydroxylation is 2. The molecule has 1 aromatic carbocycles. The molecule has 2 heterocycles. The van der Waals surface area contributed by atoms with Crippen LogP contribution in [0.1, 0.15) is 31.2 Å². The van der Waals surface area contributed by atoms with Gasteiger partial charge >= 0.3 is 0 Å². The summed E-state index contributed by atoms with van der Waals surface area (Å²) in [4.78, 5) is 16.3. The molecule has 1 unspecified atom stereocenters. The molecule has 1 aromatic heterocycles. The highest BCUT2D eigenvalue weighted by molar-refractivity contribution is 7.91. The Balaban J connectivity index is 1.58. The molecule has 0 aliphatic carbocycles. The van der Waals surface area contributed by atoms with Crippen molar-refractivity contribution in [1.82, 2.24) is 15.5 Å². The van der Waals surface area contributed by atoms with Gasteiger partial charge in [-0.2, -0.15) is 4.98 Å². The molecule has 1 amide bonds. The third-order valence-corrected chi connectivity index (χ3v) is 6.30. The van der Waals surface area contributed by atoms with Crippen LogP contribution in [-0.4, -0.2) is 41.5 Å². The van der Waals surface area contributed by atoms with Gasteiger partial charge in [-0.15, -0.1) is 0 Å². The molecule has 7 nitrogen and oxygen atoms in total. The highest BCUT2D eigenvalue weighted by Gasteiger charge is 2.39. The van der Waals surface area contributed by atoms with Gasteiger partial charge in [0.1, 0.15) is 5.82 Å². The number of sulfone groups is 1. The molecule has 1 fully saturated rings. The van der Waals surface area contributed by atoms with E-state index < -0.39 is 15.4 Å². The third-order valence-electron chi connectivity index (χ3n) is 4.39. The van der Waals surface area contributed by atoms with Crippen LogP contribution in [0.25, 0.3) is 11.4 Å². The van der Waals surface area contributed by atoms with E-state index in [1.807, 2.05) is 0 Å². The second-order valence-electron chi connectivity index (χ2n) is 6.93. The summed E-state index contributed by atoms with van der Waals surface area (Å²) in [6, 6.07) is 4.52. The van der Waals surface area contributed by atoms with Crippen molar-refractivity contribution >= 4 is 15.7 Å². The van der Waals surface area contributed by atoms with Crippen LogP contribution in [0.5, 0.6) is 0 Å². The molecule has 1 aliphatic heterocycles. The van der Waals surface area contributed by atoms with Gasteiger partial charge in [0.25, 0.3) is 0 Å². The number of rotatable bonds is 5. The number of carbonyl (C=O) groups is 1. The minimum atomic E-state index is -3.08. The van der Waals surface area contributed by atoms with Crippen molar-refractivity contribution in [3.05, 3.63) is 35.5 Å². The SMILES string of the molecule is Cc1cc(-c2noc(CCC(=O)NC3(C)CCS(=O)(=O)C3)n2)ccc1F. The Morgan fingerprint density at radius 1 is 1.42 bits per heavy atom. The number of benzene rings is 1. The second kappa shape index (κ2) is 6.79. The lowest BCUT2D eigenvalue weighted by molar-refractivity contribution is -0.122. The molecule has 140 valence electrons. The first-order valence-electron chi connectivity index (χ1n) is 8.26. The second-order valence-corrected chi connectivity index (χ2v) is 9.11. The van der Waals surface area contributed by atoms with Crippen LogP contribution in [0.3, 0.4) is 0 Å². The zero-order valence-electron chi connectivity index (χ0n) is 14.6. The number of hydrogen-bond donors (Lipinski definition) is 1. The highest BCUT2D eigenvalue weighted by Crippen LogP contribution is 2.23. The fourth-order valence-electron chi connectivity index (χ4n) is 2.99. The normalized spacial score (nSPS) is 21.7. The number of nitrogens with one attached hydrogen (secondary N) is 1. The molecule has 2 aromatic rings. The maximum Gasteiger partial charge on any atom is 0.227 e. The van der Waals surface area contributed by atoms with Crippen LogP contribution in [0.2, 0.25) is 0 Å². The van der Waals surface area contributed by atoms with E-state index in [2.05, 4.69) is 15.5 Å². The summed E-state index contributed by atoms with van der Waals surface area (Å²) in [5.74, 6) is 0.103. The molecule has 1 atom stereocenters. The molecular weight excluding hydrogens is 361 g/mol. The van der Waals surface area contributed by atoms with E-state index >= 15 is 0 Å². The number of amides is 1. The van der Waals surface area contributed by atoms with Gasteiger partial charge in [-0.05, 0) is 44.0 Å². The predicted molar refractivity (Wildman–Crippen MR) is 92.6 cm³/mol. The third kappa shape index (κ3) is 4.27. The van der Waals surface area contributed by atoms with E-state index in [9.17, 15) is 17.6 Å². The smallest absolute Gasteiger partial charge is 0.227 e. The van der Waals surface area contributed by atoms with Crippen molar-refractivity contribution in [3.63, 3.8) is 0 Å². The lowest BCUT2D eigenvalue weighted by Crippen LogP contribution is -2.47. The van der Waals surface area contributed by atoms with E-state index in [-0.39, 0.29) is 36.1 Å². The maximum absolute atomic E-state index is 13.3. The Kier molecular flexibility index (Phi) is 4.83. The lowest BCUT2D eigenvalue weighted by Gasteiger charge is -2.23. The minimum Gasteiger partial charge on any atom is -0.350 e. The van der Waals surface area contributed by atoms with Gasteiger partial charge in [-0.1, -0.05) is 5.16 Å². The van der Waals surface area contributed by atoms with Crippen LogP contribution < -0.4 is 5.32 Å². The molecule has 1 N–H and O–H groups in total. The largest absolute Gasteiger partial charge is 0.350 e. The monoisotopic (exact) mass is 381 g/mol. The molecular formula is C17H20FN3O4S. The van der Waals surface area contributed by atoms with E-state index in [1.54, 1.807) is 26.0 Å². The van der Waals surface area contributed by atoms with E-state index in [1.165, 1.54) is 6.07 Å². The van der Waals surface area contributed by atoms with Crippen molar-refractivity contribution in [3.8, 4) is 11.4 Å². The summed E-state index contributed by atoms with van der Waals surface area (Å²) in [6.07, 6.45) is 0.761. The first-order valence-corrected chi connectivity index (χ1v) is 10.1. The predicted octanol–water partition coefficient (Wildman–Crippen LogP) is 1.81. The molecule has 26 heavy (non-hydrogen) atoms. The molecule has 1 saturated heterocycles. The summed E-state index contributed by atoms with van der Waals surface area (Å²) in [7, 11) is -3.08. The zero-order chi connectivity index (χ0) is 18.9. The quantitative estimate of drug-likeness (QED) is 0.847. The highest BCUT2D eigenvalue weighted by atomic mass is 32.2. The molecule has 3 rings (SSSR count). The number of hydrogen-bond acceptors (Lipinski definition) is 6. The molecule has 0 bridgehead atoms. The Hall–Kier alpha value is -2.29. The van der Waals surface area contributed by atoms with Crippen LogP contribution in [-0.2, 0) is 21.1 Å². The molecule has 0 radical (unpaired) electrons. The number of carbonyl (C=O) groups excluding carboxylic acids is 1. The number of halogens is 1. The topological polar surface area (TPSA) is 102 Å². The van der Waals surface area contributed by atoms with Gasteiger partial charge in [-0.3, -0.25) is 4.79 Å². The standard InChI is InChI=1S/C17H20FN3O4S/c1-11-9-12(3-4-13(11)18)16-19-15(25-21-16)6-5-14(22)20-17(2)7-8-26(23,24)10-17/h3-4,9H,5-8,10H2,1-2H3,(H,20,22). The molecule has 0 spiro atoms. The van der Waals surface area contributed by atoms with Crippen molar-refractivity contribution in [2.24, 2.45) is 0 Å². The summed E-state index contributed by atoms with van der Waals surface area (Å²) >= 11 is 0. The van der Waals surface area contributed by atoms with Crippen molar-refractivity contribution in [1.29, 1.82) is 0 Å². The first-order chi connectivity index (χ1) is 12.2. The lowest BCUT2D eigenvalue weighted by atomic mass is 10.0. The molecule has 9 heteroatoms. The molecule has 0 saturated carbocycles. The van der Waals surface area contributed by atoms with Gasteiger partial charge in [0.2, 0.25) is 17.6 Å². The Morgan fingerprint density at radius 3 is 2.85 bits per heavy atom. The van der Waals surface area contributed by atoms with Gasteiger partial charge < -0.3 is 9.84 Å². The summed E-state index contributed by atoms with van der Waals surface area (Å²) in [5, 5.41) is 6.64. The fourth-order valence-corrected chi connectivity index (χ4v) is 5.08. The van der Waals surface area contributed by atoms with Crippen LogP contribution in [0.4, 0.5) is 4.39 Å². The summed E-state index contributed by atoms with van der Waals surface area (Å²) < 4.78 is 41.6. The van der Waals surface area contributed by atoms with Crippen LogP contribution in [0.15, 0.2) is 22.7 Å². The van der Waals surface area contributed by atoms with E-state index in [4.69, 9.17) is 4.52 Å². The number of nitrogens with zero attached hydrogens (tertiary/aromatic N) is 2. The van der Waals surface area contributed by atoms with E-state index in [0.717, 1.165) is 0 Å². The average molecular weight is 381 g/mol.